The van der Waals surface area contributed by atoms with Gasteiger partial charge >= 0.3 is 5.97 Å². The fraction of sp³-hybridized carbons (Fsp3) is 0.846. The van der Waals surface area contributed by atoms with E-state index in [1.165, 1.54) is 0 Å². The van der Waals surface area contributed by atoms with E-state index in [4.69, 9.17) is 4.74 Å². The van der Waals surface area contributed by atoms with Gasteiger partial charge in [-0.1, -0.05) is 19.3 Å². The zero-order valence-corrected chi connectivity index (χ0v) is 10.6. The van der Waals surface area contributed by atoms with E-state index in [0.717, 1.165) is 32.1 Å². The molecule has 1 amide bonds. The standard InChI is InChI=1S/C13H21NO4/c15-11(10-5-4-8-18-10)14-9-13(12(16)17)6-2-1-3-7-13/h10H,1-9H2,(H,14,15)(H,16,17)/t10-/m0/s1. The van der Waals surface area contributed by atoms with Crippen molar-refractivity contribution in [1.82, 2.24) is 5.32 Å². The second-order valence-corrected chi connectivity index (χ2v) is 5.37. The van der Waals surface area contributed by atoms with Crippen LogP contribution in [-0.4, -0.2) is 36.2 Å². The van der Waals surface area contributed by atoms with E-state index in [0.29, 0.717) is 19.4 Å². The van der Waals surface area contributed by atoms with Crippen molar-refractivity contribution in [3.8, 4) is 0 Å². The number of carboxylic acids is 1. The number of hydrogen-bond donors (Lipinski definition) is 2. The monoisotopic (exact) mass is 255 g/mol. The number of carboxylic acid groups (broad SMARTS) is 1. The molecule has 18 heavy (non-hydrogen) atoms. The Kier molecular flexibility index (Phi) is 4.22. The molecule has 2 aliphatic rings. The zero-order valence-electron chi connectivity index (χ0n) is 10.6. The maximum absolute atomic E-state index is 11.8. The van der Waals surface area contributed by atoms with Gasteiger partial charge in [0.2, 0.25) is 5.91 Å². The number of aliphatic carboxylic acids is 1. The van der Waals surface area contributed by atoms with Crippen molar-refractivity contribution in [2.75, 3.05) is 13.2 Å². The molecule has 1 aliphatic heterocycles. The van der Waals surface area contributed by atoms with Gasteiger partial charge in [-0.05, 0) is 25.7 Å². The van der Waals surface area contributed by atoms with Crippen LogP contribution in [0.1, 0.15) is 44.9 Å². The molecule has 102 valence electrons. The summed E-state index contributed by atoms with van der Waals surface area (Å²) in [4.78, 5) is 23.3. The highest BCUT2D eigenvalue weighted by Gasteiger charge is 2.40. The molecule has 0 radical (unpaired) electrons. The predicted molar refractivity (Wildman–Crippen MR) is 65.1 cm³/mol. The van der Waals surface area contributed by atoms with Crippen molar-refractivity contribution in [2.45, 2.75) is 51.0 Å². The van der Waals surface area contributed by atoms with E-state index in [-0.39, 0.29) is 18.6 Å². The van der Waals surface area contributed by atoms with Crippen LogP contribution in [0.3, 0.4) is 0 Å². The van der Waals surface area contributed by atoms with Crippen LogP contribution in [0.15, 0.2) is 0 Å². The van der Waals surface area contributed by atoms with Gasteiger partial charge in [-0.15, -0.1) is 0 Å². The summed E-state index contributed by atoms with van der Waals surface area (Å²) < 4.78 is 5.29. The Hall–Kier alpha value is -1.10. The maximum atomic E-state index is 11.8. The fourth-order valence-corrected chi connectivity index (χ4v) is 2.85. The number of hydrogen-bond acceptors (Lipinski definition) is 3. The largest absolute Gasteiger partial charge is 0.481 e. The van der Waals surface area contributed by atoms with Gasteiger partial charge in [-0.3, -0.25) is 9.59 Å². The third kappa shape index (κ3) is 2.83. The Labute approximate surface area is 107 Å². The molecule has 1 atom stereocenters. The van der Waals surface area contributed by atoms with Crippen LogP contribution in [0.5, 0.6) is 0 Å². The molecule has 1 saturated carbocycles. The minimum Gasteiger partial charge on any atom is -0.481 e. The lowest BCUT2D eigenvalue weighted by atomic mass is 9.74. The van der Waals surface area contributed by atoms with Crippen molar-refractivity contribution >= 4 is 11.9 Å². The molecule has 0 spiro atoms. The number of ether oxygens (including phenoxy) is 1. The Morgan fingerprint density at radius 3 is 2.50 bits per heavy atom. The minimum absolute atomic E-state index is 0.154. The molecule has 5 heteroatoms. The molecule has 1 heterocycles. The predicted octanol–water partition coefficient (Wildman–Crippen LogP) is 1.32. The molecule has 2 N–H and O–H groups in total. The number of nitrogens with one attached hydrogen (secondary N) is 1. The second-order valence-electron chi connectivity index (χ2n) is 5.37. The first-order valence-corrected chi connectivity index (χ1v) is 6.77. The first kappa shape index (κ1) is 13.3. The van der Waals surface area contributed by atoms with Gasteiger partial charge in [0, 0.05) is 13.2 Å². The van der Waals surface area contributed by atoms with Gasteiger partial charge < -0.3 is 15.2 Å². The summed E-state index contributed by atoms with van der Waals surface area (Å²) in [6.45, 7) is 0.864. The summed E-state index contributed by atoms with van der Waals surface area (Å²) in [5.41, 5.74) is -0.757. The smallest absolute Gasteiger partial charge is 0.311 e. The normalized spacial score (nSPS) is 26.8. The molecule has 0 aromatic carbocycles. The summed E-state index contributed by atoms with van der Waals surface area (Å²) in [5, 5.41) is 12.2. The molecular weight excluding hydrogens is 234 g/mol. The summed E-state index contributed by atoms with van der Waals surface area (Å²) >= 11 is 0. The molecule has 0 aromatic rings. The minimum atomic E-state index is -0.783. The lowest BCUT2D eigenvalue weighted by Gasteiger charge is -2.33. The molecule has 2 rings (SSSR count). The van der Waals surface area contributed by atoms with E-state index < -0.39 is 11.4 Å². The number of carbonyl (C=O) groups is 2. The lowest BCUT2D eigenvalue weighted by molar-refractivity contribution is -0.151. The van der Waals surface area contributed by atoms with Crippen molar-refractivity contribution in [3.63, 3.8) is 0 Å². The van der Waals surface area contributed by atoms with Crippen LogP contribution in [0.25, 0.3) is 0 Å². The highest BCUT2D eigenvalue weighted by atomic mass is 16.5. The second kappa shape index (κ2) is 5.69. The van der Waals surface area contributed by atoms with Crippen molar-refractivity contribution in [2.24, 2.45) is 5.41 Å². The van der Waals surface area contributed by atoms with E-state index in [9.17, 15) is 14.7 Å². The van der Waals surface area contributed by atoms with Crippen LogP contribution in [-0.2, 0) is 14.3 Å². The highest BCUT2D eigenvalue weighted by molar-refractivity contribution is 5.82. The molecule has 5 nitrogen and oxygen atoms in total. The molecular formula is C13H21NO4. The Morgan fingerprint density at radius 2 is 1.94 bits per heavy atom. The van der Waals surface area contributed by atoms with E-state index in [2.05, 4.69) is 5.32 Å². The Bertz CT molecular complexity index is 317. The third-order valence-corrected chi connectivity index (χ3v) is 4.09. The maximum Gasteiger partial charge on any atom is 0.311 e. The van der Waals surface area contributed by atoms with Gasteiger partial charge in [-0.2, -0.15) is 0 Å². The Morgan fingerprint density at radius 1 is 1.22 bits per heavy atom. The summed E-state index contributed by atoms with van der Waals surface area (Å²) in [6, 6.07) is 0. The summed E-state index contributed by atoms with van der Waals surface area (Å²) in [7, 11) is 0. The molecule has 1 saturated heterocycles. The topological polar surface area (TPSA) is 75.6 Å². The molecule has 2 fully saturated rings. The Balaban J connectivity index is 1.89. The highest BCUT2D eigenvalue weighted by Crippen LogP contribution is 2.36. The van der Waals surface area contributed by atoms with Gasteiger partial charge in [0.15, 0.2) is 0 Å². The fourth-order valence-electron chi connectivity index (χ4n) is 2.85. The average Bonchev–Trinajstić information content (AvgIpc) is 2.91. The van der Waals surface area contributed by atoms with Crippen molar-refractivity contribution in [3.05, 3.63) is 0 Å². The van der Waals surface area contributed by atoms with Gasteiger partial charge in [0.1, 0.15) is 6.10 Å². The number of rotatable bonds is 4. The molecule has 1 aliphatic carbocycles. The van der Waals surface area contributed by atoms with Crippen LogP contribution in [0, 0.1) is 5.41 Å². The van der Waals surface area contributed by atoms with Gasteiger partial charge in [0.05, 0.1) is 5.41 Å². The number of carbonyl (C=O) groups excluding carboxylic acids is 1. The van der Waals surface area contributed by atoms with Crippen LogP contribution < -0.4 is 5.32 Å². The first-order chi connectivity index (χ1) is 8.64. The number of amides is 1. The first-order valence-electron chi connectivity index (χ1n) is 6.77. The molecule has 0 aromatic heterocycles. The van der Waals surface area contributed by atoms with Crippen LogP contribution >= 0.6 is 0 Å². The zero-order chi connectivity index (χ0) is 13.0. The van der Waals surface area contributed by atoms with Gasteiger partial charge in [-0.25, -0.2) is 0 Å². The third-order valence-electron chi connectivity index (χ3n) is 4.09. The van der Waals surface area contributed by atoms with E-state index >= 15 is 0 Å². The van der Waals surface area contributed by atoms with E-state index in [1.807, 2.05) is 0 Å². The lowest BCUT2D eigenvalue weighted by Crippen LogP contribution is -2.46. The quantitative estimate of drug-likeness (QED) is 0.794. The van der Waals surface area contributed by atoms with Crippen LogP contribution in [0.4, 0.5) is 0 Å². The SMILES string of the molecule is O=C(NCC1(C(=O)O)CCCCC1)[C@@H]1CCCO1. The molecule has 0 bridgehead atoms. The summed E-state index contributed by atoms with van der Waals surface area (Å²) in [6.07, 6.45) is 5.55. The average molecular weight is 255 g/mol. The van der Waals surface area contributed by atoms with Crippen molar-refractivity contribution in [1.29, 1.82) is 0 Å². The van der Waals surface area contributed by atoms with Crippen LogP contribution in [0.2, 0.25) is 0 Å². The van der Waals surface area contributed by atoms with Crippen molar-refractivity contribution < 1.29 is 19.4 Å². The van der Waals surface area contributed by atoms with E-state index in [1.54, 1.807) is 0 Å². The summed E-state index contributed by atoms with van der Waals surface area (Å²) in [5.74, 6) is -0.937. The molecule has 0 unspecified atom stereocenters. The van der Waals surface area contributed by atoms with Gasteiger partial charge in [0.25, 0.3) is 0 Å².